The van der Waals surface area contributed by atoms with Crippen LogP contribution in [0.15, 0.2) is 82.3 Å². The van der Waals surface area contributed by atoms with Gasteiger partial charge in [0.1, 0.15) is 11.5 Å². The first-order valence-corrected chi connectivity index (χ1v) is 12.7. The molecule has 7 nitrogen and oxygen atoms in total. The van der Waals surface area contributed by atoms with Gasteiger partial charge in [0.2, 0.25) is 0 Å². The Hall–Kier alpha value is -4.07. The maximum atomic E-state index is 13.3. The number of carbonyl (C=O) groups is 2. The molecule has 5 rings (SSSR count). The molecule has 0 bridgehead atoms. The second-order valence-corrected chi connectivity index (χ2v) is 9.54. The number of hydrogen-bond donors (Lipinski definition) is 2. The fourth-order valence-corrected chi connectivity index (χ4v) is 4.70. The predicted octanol–water partition coefficient (Wildman–Crippen LogP) is 7.41. The summed E-state index contributed by atoms with van der Waals surface area (Å²) in [6, 6.07) is 21.0. The topological polar surface area (TPSA) is 92.9 Å². The van der Waals surface area contributed by atoms with E-state index < -0.39 is 11.8 Å². The first-order chi connectivity index (χ1) is 18.4. The van der Waals surface area contributed by atoms with Gasteiger partial charge in [0.15, 0.2) is 11.5 Å². The summed E-state index contributed by atoms with van der Waals surface area (Å²) in [5.41, 5.74) is 5.32. The molecule has 3 aromatic carbocycles. The van der Waals surface area contributed by atoms with Crippen LogP contribution in [0.25, 0.3) is 0 Å². The molecule has 0 spiro atoms. The first kappa shape index (κ1) is 25.6. The molecule has 0 saturated heterocycles. The molecular weight excluding hydrogens is 525 g/mol. The van der Waals surface area contributed by atoms with E-state index in [9.17, 15) is 9.59 Å². The molecule has 1 heterocycles. The number of aryl methyl sites for hydroxylation is 1. The Morgan fingerprint density at radius 1 is 0.947 bits per heavy atom. The van der Waals surface area contributed by atoms with Gasteiger partial charge in [-0.05, 0) is 62.2 Å². The van der Waals surface area contributed by atoms with Gasteiger partial charge in [0.05, 0.1) is 22.0 Å². The van der Waals surface area contributed by atoms with Gasteiger partial charge in [-0.15, -0.1) is 0 Å². The molecule has 2 amide bonds. The molecule has 1 aliphatic rings. The second kappa shape index (κ2) is 11.1. The highest BCUT2D eigenvalue weighted by Crippen LogP contribution is 2.34. The van der Waals surface area contributed by atoms with Gasteiger partial charge >= 0.3 is 0 Å². The lowest BCUT2D eigenvalue weighted by Gasteiger charge is -2.13. The molecule has 192 valence electrons. The minimum Gasteiger partial charge on any atom is -0.455 e. The maximum absolute atomic E-state index is 13.3. The number of nitrogens with zero attached hydrogens (tertiary/aromatic N) is 1. The largest absolute Gasteiger partial charge is 0.455 e. The third kappa shape index (κ3) is 5.44. The highest BCUT2D eigenvalue weighted by atomic mass is 35.5. The molecule has 2 N–H and O–H groups in total. The maximum Gasteiger partial charge on any atom is 0.291 e. The number of anilines is 1. The molecule has 1 aliphatic carbocycles. The van der Waals surface area contributed by atoms with E-state index in [1.54, 1.807) is 49.4 Å². The zero-order chi connectivity index (χ0) is 26.6. The van der Waals surface area contributed by atoms with Crippen LogP contribution in [0.1, 0.15) is 50.6 Å². The highest BCUT2D eigenvalue weighted by molar-refractivity contribution is 6.33. The van der Waals surface area contributed by atoms with Crippen molar-refractivity contribution in [2.75, 3.05) is 5.32 Å². The molecule has 0 unspecified atom stereocenters. The number of carbonyl (C=O) groups excluding carboxylic acids is 2. The summed E-state index contributed by atoms with van der Waals surface area (Å²) in [4.78, 5) is 25.9. The quantitative estimate of drug-likeness (QED) is 0.246. The van der Waals surface area contributed by atoms with Crippen LogP contribution in [0.3, 0.4) is 0 Å². The van der Waals surface area contributed by atoms with Crippen molar-refractivity contribution in [1.29, 1.82) is 0 Å². The second-order valence-electron chi connectivity index (χ2n) is 8.70. The van der Waals surface area contributed by atoms with Crippen molar-refractivity contribution >= 4 is 46.4 Å². The number of rotatable bonds is 6. The van der Waals surface area contributed by atoms with Gasteiger partial charge in [-0.2, -0.15) is 5.10 Å². The Bertz CT molecular complexity index is 1550. The molecular formula is C29H23Cl2N3O4. The number of ether oxygens (including phenoxy) is 1. The molecule has 0 aliphatic heterocycles. The van der Waals surface area contributed by atoms with Crippen LogP contribution in [-0.4, -0.2) is 17.5 Å². The van der Waals surface area contributed by atoms with Crippen molar-refractivity contribution < 1.29 is 18.7 Å². The van der Waals surface area contributed by atoms with Gasteiger partial charge in [0, 0.05) is 22.6 Å². The fraction of sp³-hybridized carbons (Fsp3) is 0.138. The Kier molecular flexibility index (Phi) is 7.49. The molecule has 38 heavy (non-hydrogen) atoms. The number of hydrazone groups is 1. The lowest BCUT2D eigenvalue weighted by molar-refractivity contribution is 0.0953. The van der Waals surface area contributed by atoms with Gasteiger partial charge in [0.25, 0.3) is 11.8 Å². The van der Waals surface area contributed by atoms with Gasteiger partial charge in [-0.1, -0.05) is 53.5 Å². The van der Waals surface area contributed by atoms with Crippen LogP contribution in [0.5, 0.6) is 11.5 Å². The van der Waals surface area contributed by atoms with Crippen molar-refractivity contribution in [2.24, 2.45) is 5.10 Å². The molecule has 0 radical (unpaired) electrons. The molecule has 9 heteroatoms. The fourth-order valence-electron chi connectivity index (χ4n) is 4.30. The monoisotopic (exact) mass is 547 g/mol. The van der Waals surface area contributed by atoms with E-state index in [1.165, 1.54) is 0 Å². The number of halogens is 2. The van der Waals surface area contributed by atoms with Crippen molar-refractivity contribution in [2.45, 2.75) is 26.2 Å². The zero-order valence-electron chi connectivity index (χ0n) is 20.4. The minimum atomic E-state index is -0.448. The van der Waals surface area contributed by atoms with E-state index in [0.717, 1.165) is 12.0 Å². The summed E-state index contributed by atoms with van der Waals surface area (Å²) in [6.07, 6.45) is 2.05. The lowest BCUT2D eigenvalue weighted by atomic mass is 9.93. The van der Waals surface area contributed by atoms with Crippen molar-refractivity contribution in [3.05, 3.63) is 111 Å². The van der Waals surface area contributed by atoms with Crippen molar-refractivity contribution in [3.63, 3.8) is 0 Å². The average molecular weight is 548 g/mol. The number of para-hydroxylation sites is 1. The van der Waals surface area contributed by atoms with Crippen LogP contribution in [-0.2, 0) is 6.42 Å². The first-order valence-electron chi connectivity index (χ1n) is 12.0. The third-order valence-electron chi connectivity index (χ3n) is 6.10. The van der Waals surface area contributed by atoms with E-state index in [0.29, 0.717) is 62.7 Å². The summed E-state index contributed by atoms with van der Waals surface area (Å²) >= 11 is 12.3. The van der Waals surface area contributed by atoms with E-state index >= 15 is 0 Å². The van der Waals surface area contributed by atoms with E-state index in [1.807, 2.05) is 30.3 Å². The summed E-state index contributed by atoms with van der Waals surface area (Å²) in [7, 11) is 0. The summed E-state index contributed by atoms with van der Waals surface area (Å²) in [5.74, 6) is 1.00. The molecule has 0 saturated carbocycles. The van der Waals surface area contributed by atoms with Gasteiger partial charge in [-0.25, -0.2) is 5.43 Å². The number of furan rings is 1. The van der Waals surface area contributed by atoms with Gasteiger partial charge in [-0.3, -0.25) is 9.59 Å². The molecule has 1 aromatic heterocycles. The minimum absolute atomic E-state index is 0.160. The van der Waals surface area contributed by atoms with Crippen LogP contribution in [0.4, 0.5) is 5.69 Å². The third-order valence-corrected chi connectivity index (χ3v) is 6.67. The number of fused-ring (bicyclic) bond motifs is 1. The lowest BCUT2D eigenvalue weighted by Crippen LogP contribution is -2.22. The zero-order valence-corrected chi connectivity index (χ0v) is 21.9. The number of amides is 2. The standard InChI is InChI=1S/C29H23Cl2N3O4/c1-17-26-22(33-34-28(35)20-10-5-6-11-21(20)31)12-7-13-25(26)38-27(17)29(36)32-23-16-18(30)14-15-24(23)37-19-8-3-2-4-9-19/h2-6,8-11,14-16H,7,12-13H2,1H3,(H,32,36)(H,34,35)/b33-22+. The summed E-state index contributed by atoms with van der Waals surface area (Å²) in [5, 5.41) is 8.01. The predicted molar refractivity (Wildman–Crippen MR) is 148 cm³/mol. The Balaban J connectivity index is 1.39. The molecule has 0 atom stereocenters. The Morgan fingerprint density at radius 2 is 1.71 bits per heavy atom. The number of benzene rings is 3. The smallest absolute Gasteiger partial charge is 0.291 e. The van der Waals surface area contributed by atoms with Crippen LogP contribution in [0, 0.1) is 6.92 Å². The van der Waals surface area contributed by atoms with Crippen LogP contribution >= 0.6 is 23.2 Å². The van der Waals surface area contributed by atoms with Crippen LogP contribution in [0.2, 0.25) is 10.0 Å². The van der Waals surface area contributed by atoms with E-state index in [4.69, 9.17) is 32.4 Å². The Morgan fingerprint density at radius 3 is 2.50 bits per heavy atom. The van der Waals surface area contributed by atoms with Crippen molar-refractivity contribution in [1.82, 2.24) is 5.43 Å². The van der Waals surface area contributed by atoms with E-state index in [2.05, 4.69) is 15.8 Å². The molecule has 0 fully saturated rings. The average Bonchev–Trinajstić information content (AvgIpc) is 3.27. The van der Waals surface area contributed by atoms with Gasteiger partial charge < -0.3 is 14.5 Å². The van der Waals surface area contributed by atoms with Crippen molar-refractivity contribution in [3.8, 4) is 11.5 Å². The van der Waals surface area contributed by atoms with E-state index in [-0.39, 0.29) is 5.76 Å². The summed E-state index contributed by atoms with van der Waals surface area (Å²) in [6.45, 7) is 1.80. The summed E-state index contributed by atoms with van der Waals surface area (Å²) < 4.78 is 12.0. The SMILES string of the molecule is Cc1c(C(=O)Nc2cc(Cl)ccc2Oc2ccccc2)oc2c1/C(=N/NC(=O)c1ccccc1Cl)CCC2. The normalized spacial score (nSPS) is 13.6. The number of nitrogens with one attached hydrogen (secondary N) is 2. The number of hydrogen-bond acceptors (Lipinski definition) is 5. The van der Waals surface area contributed by atoms with Crippen LogP contribution < -0.4 is 15.5 Å². The Labute approximate surface area is 229 Å². The molecule has 4 aromatic rings. The highest BCUT2D eigenvalue weighted by Gasteiger charge is 2.28.